The molecule has 2 amide bonds. The Morgan fingerprint density at radius 3 is 2.83 bits per heavy atom. The molecular formula is C17H25N4O2. The summed E-state index contributed by atoms with van der Waals surface area (Å²) in [4.78, 5) is 29.3. The van der Waals surface area contributed by atoms with Crippen molar-refractivity contribution >= 4 is 11.8 Å². The maximum Gasteiger partial charge on any atom is 0.224 e. The average Bonchev–Trinajstić information content (AvgIpc) is 2.55. The van der Waals surface area contributed by atoms with Crippen LogP contribution in [0.4, 0.5) is 0 Å². The lowest BCUT2D eigenvalue weighted by Crippen LogP contribution is -2.44. The van der Waals surface area contributed by atoms with Crippen LogP contribution in [0.5, 0.6) is 0 Å². The third-order valence-electron chi connectivity index (χ3n) is 4.21. The molecule has 0 unspecified atom stereocenters. The van der Waals surface area contributed by atoms with Gasteiger partial charge in [0.05, 0.1) is 6.42 Å². The molecule has 1 aliphatic rings. The molecule has 2 rings (SSSR count). The predicted molar refractivity (Wildman–Crippen MR) is 88.0 cm³/mol. The number of amides is 2. The molecule has 1 atom stereocenters. The van der Waals surface area contributed by atoms with Gasteiger partial charge in [-0.25, -0.2) is 0 Å². The van der Waals surface area contributed by atoms with Crippen molar-refractivity contribution in [3.05, 3.63) is 36.5 Å². The van der Waals surface area contributed by atoms with E-state index in [4.69, 9.17) is 5.73 Å². The van der Waals surface area contributed by atoms with Gasteiger partial charge in [0.1, 0.15) is 0 Å². The molecule has 6 nitrogen and oxygen atoms in total. The van der Waals surface area contributed by atoms with E-state index < -0.39 is 0 Å². The molecular weight excluding hydrogens is 292 g/mol. The highest BCUT2D eigenvalue weighted by Gasteiger charge is 2.21. The lowest BCUT2D eigenvalue weighted by atomic mass is 10.0. The molecule has 0 aromatic carbocycles. The number of piperidine rings is 1. The molecule has 1 aliphatic heterocycles. The lowest BCUT2D eigenvalue weighted by molar-refractivity contribution is -0.121. The molecule has 1 aromatic heterocycles. The van der Waals surface area contributed by atoms with Crippen molar-refractivity contribution in [1.82, 2.24) is 15.2 Å². The van der Waals surface area contributed by atoms with E-state index in [2.05, 4.69) is 21.3 Å². The summed E-state index contributed by atoms with van der Waals surface area (Å²) in [5.74, 6) is -0.788. The number of nitrogens with two attached hydrogens (primary N) is 1. The van der Waals surface area contributed by atoms with Crippen molar-refractivity contribution in [1.29, 1.82) is 0 Å². The van der Waals surface area contributed by atoms with Gasteiger partial charge in [-0.05, 0) is 30.9 Å². The molecule has 125 valence electrons. The number of pyridine rings is 1. The number of aromatic nitrogens is 1. The maximum atomic E-state index is 11.9. The molecule has 0 saturated carbocycles. The Bertz CT molecular complexity index is 513. The van der Waals surface area contributed by atoms with Crippen LogP contribution in [0.25, 0.3) is 0 Å². The highest BCUT2D eigenvalue weighted by Crippen LogP contribution is 2.14. The Kier molecular flexibility index (Phi) is 6.52. The highest BCUT2D eigenvalue weighted by molar-refractivity contribution is 5.86. The third-order valence-corrected chi connectivity index (χ3v) is 4.21. The van der Waals surface area contributed by atoms with E-state index in [0.29, 0.717) is 6.42 Å². The Labute approximate surface area is 137 Å². The van der Waals surface area contributed by atoms with Crippen molar-refractivity contribution < 1.29 is 9.59 Å². The summed E-state index contributed by atoms with van der Waals surface area (Å²) in [6.07, 6.45) is 7.46. The molecule has 23 heavy (non-hydrogen) atoms. The molecule has 3 N–H and O–H groups in total. The number of hydrogen-bond acceptors (Lipinski definition) is 4. The summed E-state index contributed by atoms with van der Waals surface area (Å²) in [6, 6.07) is 4.23. The van der Waals surface area contributed by atoms with Crippen LogP contribution in [0.2, 0.25) is 0 Å². The van der Waals surface area contributed by atoms with E-state index in [9.17, 15) is 9.59 Å². The van der Waals surface area contributed by atoms with Crippen LogP contribution in [-0.4, -0.2) is 40.8 Å². The van der Waals surface area contributed by atoms with Gasteiger partial charge in [0.2, 0.25) is 11.8 Å². The first-order chi connectivity index (χ1) is 11.0. The lowest BCUT2D eigenvalue weighted by Gasteiger charge is -2.32. The summed E-state index contributed by atoms with van der Waals surface area (Å²) >= 11 is 0. The second-order valence-electron chi connectivity index (χ2n) is 6.16. The Morgan fingerprint density at radius 2 is 2.22 bits per heavy atom. The molecule has 1 radical (unpaired) electrons. The van der Waals surface area contributed by atoms with Crippen LogP contribution in [0, 0.1) is 12.3 Å². The zero-order valence-electron chi connectivity index (χ0n) is 13.6. The van der Waals surface area contributed by atoms with Crippen LogP contribution in [-0.2, 0) is 16.1 Å². The Hall–Kier alpha value is -1.95. The zero-order valence-corrected chi connectivity index (χ0v) is 13.6. The van der Waals surface area contributed by atoms with Gasteiger partial charge in [-0.15, -0.1) is 0 Å². The third kappa shape index (κ3) is 5.98. The fourth-order valence-corrected chi connectivity index (χ4v) is 2.65. The second-order valence-corrected chi connectivity index (χ2v) is 6.16. The van der Waals surface area contributed by atoms with Gasteiger partial charge in [0.25, 0.3) is 0 Å². The van der Waals surface area contributed by atoms with Gasteiger partial charge < -0.3 is 11.1 Å². The predicted octanol–water partition coefficient (Wildman–Crippen LogP) is 0.878. The second kappa shape index (κ2) is 8.62. The first kappa shape index (κ1) is 17.4. The summed E-state index contributed by atoms with van der Waals surface area (Å²) in [5, 5.41) is 3.01. The van der Waals surface area contributed by atoms with E-state index >= 15 is 0 Å². The van der Waals surface area contributed by atoms with E-state index in [-0.39, 0.29) is 23.8 Å². The largest absolute Gasteiger partial charge is 0.369 e. The number of likely N-dealkylation sites (tertiary alicyclic amines) is 1. The van der Waals surface area contributed by atoms with Crippen molar-refractivity contribution in [2.45, 2.75) is 38.8 Å². The van der Waals surface area contributed by atoms with Gasteiger partial charge in [0, 0.05) is 44.0 Å². The summed E-state index contributed by atoms with van der Waals surface area (Å²) in [5.41, 5.74) is 6.40. The van der Waals surface area contributed by atoms with E-state index in [1.165, 1.54) is 12.0 Å². The van der Waals surface area contributed by atoms with Crippen LogP contribution in [0.15, 0.2) is 24.5 Å². The molecule has 1 fully saturated rings. The molecule has 2 heterocycles. The number of nitrogens with one attached hydrogen (secondary N) is 1. The van der Waals surface area contributed by atoms with E-state index in [1.807, 2.05) is 12.3 Å². The normalized spacial score (nSPS) is 17.6. The number of carbonyl (C=O) groups is 2. The van der Waals surface area contributed by atoms with Gasteiger partial charge in [-0.2, -0.15) is 0 Å². The first-order valence-electron chi connectivity index (χ1n) is 8.09. The smallest absolute Gasteiger partial charge is 0.224 e. The van der Waals surface area contributed by atoms with E-state index in [0.717, 1.165) is 32.5 Å². The van der Waals surface area contributed by atoms with Gasteiger partial charge in [0.15, 0.2) is 0 Å². The number of primary amides is 1. The van der Waals surface area contributed by atoms with E-state index in [1.54, 1.807) is 13.1 Å². The standard InChI is InChI=1S/C17H25N4O2/c1-13(17(18)23)4-5-16(22)20-15-6-9-21(10-7-15)12-14-3-2-8-19-11-14/h2-3,5,8,11,13,15H,4,6-7,9-10,12H2,1H3,(H2,18,23)(H,20,22)/t13-/m0/s1. The Balaban J connectivity index is 1.66. The monoisotopic (exact) mass is 317 g/mol. The summed E-state index contributed by atoms with van der Waals surface area (Å²) in [7, 11) is 0. The van der Waals surface area contributed by atoms with Crippen LogP contribution in [0.1, 0.15) is 31.7 Å². The van der Waals surface area contributed by atoms with Crippen molar-refractivity contribution in [3.63, 3.8) is 0 Å². The average molecular weight is 317 g/mol. The quantitative estimate of drug-likeness (QED) is 0.781. The maximum absolute atomic E-state index is 11.9. The minimum atomic E-state index is -0.377. The van der Waals surface area contributed by atoms with Crippen molar-refractivity contribution in [2.75, 3.05) is 13.1 Å². The molecule has 1 aromatic rings. The number of nitrogens with zero attached hydrogens (tertiary/aromatic N) is 2. The van der Waals surface area contributed by atoms with Gasteiger partial charge >= 0.3 is 0 Å². The van der Waals surface area contributed by atoms with Crippen LogP contribution >= 0.6 is 0 Å². The molecule has 1 saturated heterocycles. The number of carbonyl (C=O) groups excluding carboxylic acids is 2. The molecule has 0 aliphatic carbocycles. The molecule has 0 spiro atoms. The van der Waals surface area contributed by atoms with Gasteiger partial charge in [-0.1, -0.05) is 13.0 Å². The molecule has 0 bridgehead atoms. The fourth-order valence-electron chi connectivity index (χ4n) is 2.65. The zero-order chi connectivity index (χ0) is 16.7. The Morgan fingerprint density at radius 1 is 1.48 bits per heavy atom. The highest BCUT2D eigenvalue weighted by atomic mass is 16.2. The topological polar surface area (TPSA) is 88.3 Å². The van der Waals surface area contributed by atoms with Crippen LogP contribution in [0.3, 0.4) is 0 Å². The first-order valence-corrected chi connectivity index (χ1v) is 8.09. The molecule has 6 heteroatoms. The van der Waals surface area contributed by atoms with Crippen molar-refractivity contribution in [2.24, 2.45) is 11.7 Å². The summed E-state index contributed by atoms with van der Waals surface area (Å²) in [6.45, 7) is 4.54. The van der Waals surface area contributed by atoms with Gasteiger partial charge in [-0.3, -0.25) is 19.5 Å². The minimum absolute atomic E-state index is 0.108. The minimum Gasteiger partial charge on any atom is -0.369 e. The summed E-state index contributed by atoms with van der Waals surface area (Å²) < 4.78 is 0. The van der Waals surface area contributed by atoms with Crippen LogP contribution < -0.4 is 11.1 Å². The van der Waals surface area contributed by atoms with Crippen molar-refractivity contribution in [3.8, 4) is 0 Å². The number of rotatable bonds is 7. The fraction of sp³-hybridized carbons (Fsp3) is 0.529. The number of hydrogen-bond donors (Lipinski definition) is 2. The SMILES string of the molecule is C[C@@H](C[CH]C(=O)NC1CCN(Cc2cccnc2)CC1)C(N)=O.